The highest BCUT2D eigenvalue weighted by atomic mass is 19.1. The number of nitrogens with zero attached hydrogens (tertiary/aromatic N) is 1. The molecule has 0 spiro atoms. The quantitative estimate of drug-likeness (QED) is 0.712. The molecule has 0 aromatic carbocycles. The van der Waals surface area contributed by atoms with Gasteiger partial charge in [-0.3, -0.25) is 4.90 Å². The van der Waals surface area contributed by atoms with E-state index in [1.54, 1.807) is 0 Å². The van der Waals surface area contributed by atoms with Crippen LogP contribution in [-0.4, -0.2) is 42.8 Å². The fourth-order valence-electron chi connectivity index (χ4n) is 2.19. The molecule has 2 fully saturated rings. The SMILES string of the molecule is CCNC1CCN(C2CC2)CC1F. The first-order chi connectivity index (χ1) is 6.31. The van der Waals surface area contributed by atoms with Crippen LogP contribution in [0.3, 0.4) is 0 Å². The largest absolute Gasteiger partial charge is 0.311 e. The number of piperidine rings is 1. The van der Waals surface area contributed by atoms with Crippen molar-refractivity contribution in [2.24, 2.45) is 0 Å². The summed E-state index contributed by atoms with van der Waals surface area (Å²) in [7, 11) is 0. The van der Waals surface area contributed by atoms with Crippen LogP contribution in [0.25, 0.3) is 0 Å². The zero-order chi connectivity index (χ0) is 9.26. The molecular formula is C10H19FN2. The van der Waals surface area contributed by atoms with E-state index in [0.29, 0.717) is 6.54 Å². The van der Waals surface area contributed by atoms with Gasteiger partial charge < -0.3 is 5.32 Å². The average Bonchev–Trinajstić information content (AvgIpc) is 2.91. The second kappa shape index (κ2) is 3.93. The van der Waals surface area contributed by atoms with E-state index < -0.39 is 6.17 Å². The maximum Gasteiger partial charge on any atom is 0.128 e. The van der Waals surface area contributed by atoms with Crippen LogP contribution in [0.5, 0.6) is 0 Å². The highest BCUT2D eigenvalue weighted by Crippen LogP contribution is 2.29. The smallest absolute Gasteiger partial charge is 0.128 e. The van der Waals surface area contributed by atoms with E-state index in [9.17, 15) is 4.39 Å². The molecule has 2 nitrogen and oxygen atoms in total. The average molecular weight is 186 g/mol. The maximum atomic E-state index is 13.6. The summed E-state index contributed by atoms with van der Waals surface area (Å²) >= 11 is 0. The minimum Gasteiger partial charge on any atom is -0.311 e. The van der Waals surface area contributed by atoms with Gasteiger partial charge in [0.2, 0.25) is 0 Å². The van der Waals surface area contributed by atoms with Gasteiger partial charge in [-0.05, 0) is 25.8 Å². The Balaban J connectivity index is 1.80. The molecule has 2 atom stereocenters. The molecule has 1 aliphatic carbocycles. The highest BCUT2D eigenvalue weighted by molar-refractivity contribution is 4.92. The number of rotatable bonds is 3. The Bertz CT molecular complexity index is 170. The Hall–Kier alpha value is -0.150. The van der Waals surface area contributed by atoms with Crippen LogP contribution in [0.2, 0.25) is 0 Å². The molecule has 76 valence electrons. The summed E-state index contributed by atoms with van der Waals surface area (Å²) in [5.74, 6) is 0. The van der Waals surface area contributed by atoms with Crippen LogP contribution in [0.15, 0.2) is 0 Å². The lowest BCUT2D eigenvalue weighted by Gasteiger charge is -2.35. The van der Waals surface area contributed by atoms with E-state index in [0.717, 1.165) is 25.6 Å². The summed E-state index contributed by atoms with van der Waals surface area (Å²) in [6.45, 7) is 4.67. The molecule has 2 rings (SSSR count). The Morgan fingerprint density at radius 1 is 1.38 bits per heavy atom. The van der Waals surface area contributed by atoms with Crippen molar-refractivity contribution in [3.63, 3.8) is 0 Å². The molecule has 0 amide bonds. The van der Waals surface area contributed by atoms with Crippen molar-refractivity contribution in [1.82, 2.24) is 10.2 Å². The fourth-order valence-corrected chi connectivity index (χ4v) is 2.19. The van der Waals surface area contributed by atoms with Gasteiger partial charge in [0.15, 0.2) is 0 Å². The predicted octanol–water partition coefficient (Wildman–Crippen LogP) is 1.17. The van der Waals surface area contributed by atoms with Gasteiger partial charge in [0, 0.05) is 25.2 Å². The van der Waals surface area contributed by atoms with E-state index in [1.807, 2.05) is 6.92 Å². The second-order valence-electron chi connectivity index (χ2n) is 4.19. The standard InChI is InChI=1S/C10H19FN2/c1-2-12-10-5-6-13(7-9(10)11)8-3-4-8/h8-10,12H,2-7H2,1H3. The van der Waals surface area contributed by atoms with E-state index in [4.69, 9.17) is 0 Å². The van der Waals surface area contributed by atoms with Gasteiger partial charge in [0.1, 0.15) is 6.17 Å². The van der Waals surface area contributed by atoms with Gasteiger partial charge >= 0.3 is 0 Å². The van der Waals surface area contributed by atoms with Crippen LogP contribution in [0.1, 0.15) is 26.2 Å². The Morgan fingerprint density at radius 2 is 2.15 bits per heavy atom. The van der Waals surface area contributed by atoms with Crippen LogP contribution >= 0.6 is 0 Å². The molecule has 2 unspecified atom stereocenters. The van der Waals surface area contributed by atoms with Crippen molar-refractivity contribution < 1.29 is 4.39 Å². The fraction of sp³-hybridized carbons (Fsp3) is 1.00. The molecule has 2 aliphatic rings. The van der Waals surface area contributed by atoms with Crippen LogP contribution in [0, 0.1) is 0 Å². The zero-order valence-corrected chi connectivity index (χ0v) is 8.30. The Labute approximate surface area is 79.5 Å². The molecule has 1 aliphatic heterocycles. The van der Waals surface area contributed by atoms with Gasteiger partial charge in [0.25, 0.3) is 0 Å². The van der Waals surface area contributed by atoms with Gasteiger partial charge in [-0.25, -0.2) is 4.39 Å². The normalized spacial score (nSPS) is 36.5. The van der Waals surface area contributed by atoms with Crippen molar-refractivity contribution in [2.75, 3.05) is 19.6 Å². The van der Waals surface area contributed by atoms with E-state index >= 15 is 0 Å². The van der Waals surface area contributed by atoms with Crippen molar-refractivity contribution in [3.05, 3.63) is 0 Å². The summed E-state index contributed by atoms with van der Waals surface area (Å²) in [5, 5.41) is 3.21. The van der Waals surface area contributed by atoms with Crippen LogP contribution < -0.4 is 5.32 Å². The lowest BCUT2D eigenvalue weighted by molar-refractivity contribution is 0.0991. The van der Waals surface area contributed by atoms with E-state index in [2.05, 4.69) is 10.2 Å². The molecule has 1 saturated heterocycles. The number of halogens is 1. The van der Waals surface area contributed by atoms with Crippen molar-refractivity contribution >= 4 is 0 Å². The monoisotopic (exact) mass is 186 g/mol. The minimum absolute atomic E-state index is 0.111. The van der Waals surface area contributed by atoms with Crippen LogP contribution in [-0.2, 0) is 0 Å². The first-order valence-corrected chi connectivity index (χ1v) is 5.42. The first-order valence-electron chi connectivity index (χ1n) is 5.42. The minimum atomic E-state index is -0.658. The van der Waals surface area contributed by atoms with Crippen molar-refractivity contribution in [1.29, 1.82) is 0 Å². The Morgan fingerprint density at radius 3 is 2.69 bits per heavy atom. The van der Waals surface area contributed by atoms with Crippen molar-refractivity contribution in [2.45, 2.75) is 44.4 Å². The molecule has 0 bridgehead atoms. The van der Waals surface area contributed by atoms with E-state index in [1.165, 1.54) is 12.8 Å². The number of hydrogen-bond donors (Lipinski definition) is 1. The molecule has 1 saturated carbocycles. The van der Waals surface area contributed by atoms with Gasteiger partial charge in [-0.15, -0.1) is 0 Å². The second-order valence-corrected chi connectivity index (χ2v) is 4.19. The van der Waals surface area contributed by atoms with E-state index in [-0.39, 0.29) is 6.04 Å². The third-order valence-electron chi connectivity index (χ3n) is 3.10. The predicted molar refractivity (Wildman–Crippen MR) is 51.6 cm³/mol. The van der Waals surface area contributed by atoms with Crippen LogP contribution in [0.4, 0.5) is 4.39 Å². The molecule has 13 heavy (non-hydrogen) atoms. The molecule has 0 aromatic rings. The third kappa shape index (κ3) is 2.20. The maximum absolute atomic E-state index is 13.6. The molecule has 0 aromatic heterocycles. The zero-order valence-electron chi connectivity index (χ0n) is 8.30. The summed E-state index contributed by atoms with van der Waals surface area (Å²) < 4.78 is 13.6. The number of hydrogen-bond acceptors (Lipinski definition) is 2. The summed E-state index contributed by atoms with van der Waals surface area (Å²) in [5.41, 5.74) is 0. The van der Waals surface area contributed by atoms with Crippen molar-refractivity contribution in [3.8, 4) is 0 Å². The summed E-state index contributed by atoms with van der Waals surface area (Å²) in [6.07, 6.45) is 2.90. The third-order valence-corrected chi connectivity index (χ3v) is 3.10. The lowest BCUT2D eigenvalue weighted by atomic mass is 10.0. The number of nitrogens with one attached hydrogen (secondary N) is 1. The first kappa shape index (κ1) is 9.41. The number of alkyl halides is 1. The molecule has 1 heterocycles. The molecular weight excluding hydrogens is 167 g/mol. The molecule has 3 heteroatoms. The topological polar surface area (TPSA) is 15.3 Å². The summed E-state index contributed by atoms with van der Waals surface area (Å²) in [6, 6.07) is 0.834. The summed E-state index contributed by atoms with van der Waals surface area (Å²) in [4.78, 5) is 2.32. The van der Waals surface area contributed by atoms with Gasteiger partial charge in [-0.2, -0.15) is 0 Å². The Kier molecular flexibility index (Phi) is 2.84. The molecule has 1 N–H and O–H groups in total. The van der Waals surface area contributed by atoms with Gasteiger partial charge in [-0.1, -0.05) is 6.92 Å². The van der Waals surface area contributed by atoms with Gasteiger partial charge in [0.05, 0.1) is 0 Å². The number of likely N-dealkylation sites (tertiary alicyclic amines) is 1. The highest BCUT2D eigenvalue weighted by Gasteiger charge is 2.36. The molecule has 0 radical (unpaired) electrons. The lowest BCUT2D eigenvalue weighted by Crippen LogP contribution is -2.51.